The minimum atomic E-state index is -0.380. The highest BCUT2D eigenvalue weighted by molar-refractivity contribution is 9.10. The van der Waals surface area contributed by atoms with Gasteiger partial charge in [0.2, 0.25) is 0 Å². The number of nitrogens with one attached hydrogen (secondary N) is 1. The second-order valence-electron chi connectivity index (χ2n) is 4.69. The molecule has 0 aliphatic rings. The molecule has 0 saturated heterocycles. The van der Waals surface area contributed by atoms with E-state index in [4.69, 9.17) is 4.42 Å². The van der Waals surface area contributed by atoms with Crippen molar-refractivity contribution in [1.82, 2.24) is 0 Å². The summed E-state index contributed by atoms with van der Waals surface area (Å²) in [6, 6.07) is 6.97. The molecule has 0 radical (unpaired) electrons. The zero-order valence-corrected chi connectivity index (χ0v) is 13.0. The van der Waals surface area contributed by atoms with Crippen LogP contribution < -0.4 is 5.32 Å². The van der Waals surface area contributed by atoms with Gasteiger partial charge >= 0.3 is 0 Å². The Hall–Kier alpha value is -1.82. The van der Waals surface area contributed by atoms with Crippen LogP contribution in [0.3, 0.4) is 0 Å². The molecule has 2 rings (SSSR count). The zero-order valence-electron chi connectivity index (χ0n) is 11.4. The van der Waals surface area contributed by atoms with Crippen molar-refractivity contribution in [2.45, 2.75) is 26.8 Å². The van der Waals surface area contributed by atoms with E-state index in [9.17, 15) is 10.1 Å². The number of nitro benzene ring substituents is 1. The topological polar surface area (TPSA) is 68.3 Å². The van der Waals surface area contributed by atoms with Crippen molar-refractivity contribution < 1.29 is 9.34 Å². The van der Waals surface area contributed by atoms with E-state index in [1.807, 2.05) is 26.0 Å². The lowest BCUT2D eigenvalue weighted by Crippen LogP contribution is -2.07. The smallest absolute Gasteiger partial charge is 0.274 e. The van der Waals surface area contributed by atoms with Gasteiger partial charge in [-0.25, -0.2) is 0 Å². The molecular weight excluding hydrogens is 324 g/mol. The summed E-state index contributed by atoms with van der Waals surface area (Å²) < 4.78 is 6.33. The van der Waals surface area contributed by atoms with Crippen molar-refractivity contribution in [1.29, 1.82) is 0 Å². The van der Waals surface area contributed by atoms with E-state index in [0.717, 1.165) is 16.0 Å². The number of hydrogen-bond donors (Lipinski definition) is 1. The molecule has 6 heteroatoms. The summed E-state index contributed by atoms with van der Waals surface area (Å²) in [5.41, 5.74) is 1.39. The van der Waals surface area contributed by atoms with Crippen molar-refractivity contribution >= 4 is 27.3 Å². The Morgan fingerprint density at radius 2 is 2.05 bits per heavy atom. The fourth-order valence-corrected chi connectivity index (χ4v) is 2.53. The second-order valence-corrected chi connectivity index (χ2v) is 5.54. The Balaban J connectivity index is 2.29. The molecule has 106 valence electrons. The molecule has 0 bridgehead atoms. The lowest BCUT2D eigenvalue weighted by Gasteiger charge is -2.15. The predicted octanol–water partition coefficient (Wildman–Crippen LogP) is 4.74. The first-order valence-electron chi connectivity index (χ1n) is 6.16. The van der Waals surface area contributed by atoms with Gasteiger partial charge < -0.3 is 9.73 Å². The van der Waals surface area contributed by atoms with Crippen molar-refractivity contribution in [3.05, 3.63) is 55.9 Å². The molecule has 0 fully saturated rings. The van der Waals surface area contributed by atoms with Gasteiger partial charge in [-0.1, -0.05) is 0 Å². The number of nitro groups is 1. The van der Waals surface area contributed by atoms with Crippen molar-refractivity contribution in [2.75, 3.05) is 5.32 Å². The highest BCUT2D eigenvalue weighted by Crippen LogP contribution is 2.33. The number of aryl methyl sites for hydroxylation is 2. The van der Waals surface area contributed by atoms with Gasteiger partial charge in [-0.05, 0) is 54.9 Å². The standard InChI is InChI=1S/C14H15BrN2O3/c1-8-6-11(15)12(7-13(8)17(18)19)16-10(3)14-5-4-9(2)20-14/h4-7,10,16H,1-3H3. The predicted molar refractivity (Wildman–Crippen MR) is 81.0 cm³/mol. The van der Waals surface area contributed by atoms with Gasteiger partial charge in [0.15, 0.2) is 0 Å². The fourth-order valence-electron chi connectivity index (χ4n) is 1.96. The maximum Gasteiger partial charge on any atom is 0.274 e. The molecule has 1 N–H and O–H groups in total. The first-order valence-corrected chi connectivity index (χ1v) is 6.95. The lowest BCUT2D eigenvalue weighted by molar-refractivity contribution is -0.385. The summed E-state index contributed by atoms with van der Waals surface area (Å²) in [5, 5.41) is 14.2. The number of anilines is 1. The molecule has 1 heterocycles. The summed E-state index contributed by atoms with van der Waals surface area (Å²) >= 11 is 3.42. The third kappa shape index (κ3) is 3.01. The fraction of sp³-hybridized carbons (Fsp3) is 0.286. The Labute approximate surface area is 125 Å². The molecule has 1 atom stereocenters. The van der Waals surface area contributed by atoms with Gasteiger partial charge in [0.25, 0.3) is 5.69 Å². The van der Waals surface area contributed by atoms with Crippen LogP contribution in [-0.4, -0.2) is 4.92 Å². The first-order chi connectivity index (χ1) is 9.38. The number of halogens is 1. The minimum absolute atomic E-state index is 0.0812. The molecule has 1 unspecified atom stereocenters. The van der Waals surface area contributed by atoms with E-state index in [-0.39, 0.29) is 16.7 Å². The van der Waals surface area contributed by atoms with Crippen LogP contribution in [0, 0.1) is 24.0 Å². The van der Waals surface area contributed by atoms with Gasteiger partial charge in [-0.3, -0.25) is 10.1 Å². The Morgan fingerprint density at radius 1 is 1.35 bits per heavy atom. The largest absolute Gasteiger partial charge is 0.464 e. The van der Waals surface area contributed by atoms with Gasteiger partial charge in [0.05, 0.1) is 16.7 Å². The second kappa shape index (κ2) is 5.66. The van der Waals surface area contributed by atoms with Gasteiger partial charge in [-0.15, -0.1) is 0 Å². The van der Waals surface area contributed by atoms with E-state index in [1.165, 1.54) is 6.07 Å². The summed E-state index contributed by atoms with van der Waals surface area (Å²) in [5.74, 6) is 1.63. The van der Waals surface area contributed by atoms with Crippen LogP contribution in [0.15, 0.2) is 33.2 Å². The summed E-state index contributed by atoms with van der Waals surface area (Å²) in [6.07, 6.45) is 0. The first kappa shape index (κ1) is 14.6. The van der Waals surface area contributed by atoms with E-state index >= 15 is 0 Å². The molecule has 0 aliphatic carbocycles. The third-order valence-electron chi connectivity index (χ3n) is 3.04. The van der Waals surface area contributed by atoms with Gasteiger partial charge in [0, 0.05) is 16.1 Å². The highest BCUT2D eigenvalue weighted by Gasteiger charge is 2.17. The van der Waals surface area contributed by atoms with Crippen LogP contribution in [0.2, 0.25) is 0 Å². The molecule has 0 aliphatic heterocycles. The Kier molecular flexibility index (Phi) is 4.13. The summed E-state index contributed by atoms with van der Waals surface area (Å²) in [6.45, 7) is 5.53. The van der Waals surface area contributed by atoms with Crippen LogP contribution in [0.4, 0.5) is 11.4 Å². The van der Waals surface area contributed by atoms with E-state index in [1.54, 1.807) is 13.0 Å². The molecule has 0 saturated carbocycles. The normalized spacial score (nSPS) is 12.2. The van der Waals surface area contributed by atoms with Crippen molar-refractivity contribution in [3.63, 3.8) is 0 Å². The average molecular weight is 339 g/mol. The quantitative estimate of drug-likeness (QED) is 0.645. The van der Waals surface area contributed by atoms with Gasteiger partial charge in [-0.2, -0.15) is 0 Å². The number of nitrogens with zero attached hydrogens (tertiary/aromatic N) is 1. The molecule has 20 heavy (non-hydrogen) atoms. The molecule has 5 nitrogen and oxygen atoms in total. The van der Waals surface area contributed by atoms with E-state index < -0.39 is 0 Å². The molecular formula is C14H15BrN2O3. The monoisotopic (exact) mass is 338 g/mol. The van der Waals surface area contributed by atoms with Crippen molar-refractivity contribution in [2.24, 2.45) is 0 Å². The summed E-state index contributed by atoms with van der Waals surface area (Å²) in [4.78, 5) is 10.6. The minimum Gasteiger partial charge on any atom is -0.464 e. The van der Waals surface area contributed by atoms with Gasteiger partial charge in [0.1, 0.15) is 11.5 Å². The van der Waals surface area contributed by atoms with Crippen LogP contribution in [0.5, 0.6) is 0 Å². The molecule has 1 aromatic carbocycles. The van der Waals surface area contributed by atoms with Crippen molar-refractivity contribution in [3.8, 4) is 0 Å². The summed E-state index contributed by atoms with van der Waals surface area (Å²) in [7, 11) is 0. The van der Waals surface area contributed by atoms with E-state index in [2.05, 4.69) is 21.2 Å². The molecule has 0 spiro atoms. The van der Waals surface area contributed by atoms with Crippen LogP contribution in [-0.2, 0) is 0 Å². The Bertz CT molecular complexity index is 652. The third-order valence-corrected chi connectivity index (χ3v) is 3.70. The SMILES string of the molecule is Cc1ccc(C(C)Nc2cc([N+](=O)[O-])c(C)cc2Br)o1. The number of furan rings is 1. The number of hydrogen-bond acceptors (Lipinski definition) is 4. The highest BCUT2D eigenvalue weighted by atomic mass is 79.9. The molecule has 0 amide bonds. The van der Waals surface area contributed by atoms with Crippen LogP contribution in [0.25, 0.3) is 0 Å². The van der Waals surface area contributed by atoms with Crippen LogP contribution >= 0.6 is 15.9 Å². The maximum absolute atomic E-state index is 11.0. The van der Waals surface area contributed by atoms with Crippen LogP contribution in [0.1, 0.15) is 30.0 Å². The maximum atomic E-state index is 11.0. The van der Waals surface area contributed by atoms with E-state index in [0.29, 0.717) is 11.3 Å². The lowest BCUT2D eigenvalue weighted by atomic mass is 10.1. The number of benzene rings is 1. The number of rotatable bonds is 4. The molecule has 1 aromatic heterocycles. The average Bonchev–Trinajstić information content (AvgIpc) is 2.79. The Morgan fingerprint density at radius 3 is 2.60 bits per heavy atom. The molecule has 2 aromatic rings. The zero-order chi connectivity index (χ0) is 14.9.